The summed E-state index contributed by atoms with van der Waals surface area (Å²) >= 11 is 0. The normalized spacial score (nSPS) is 10.7. The summed E-state index contributed by atoms with van der Waals surface area (Å²) in [4.78, 5) is 26.6. The van der Waals surface area contributed by atoms with Crippen LogP contribution in [0, 0.1) is 0 Å². The van der Waals surface area contributed by atoms with Crippen LogP contribution in [0.4, 0.5) is 5.69 Å². The molecule has 1 aromatic heterocycles. The van der Waals surface area contributed by atoms with Crippen molar-refractivity contribution >= 4 is 22.5 Å². The van der Waals surface area contributed by atoms with Crippen LogP contribution in [0.15, 0.2) is 59.4 Å². The molecule has 3 rings (SSSR count). The number of nitrogens with zero attached hydrogens (tertiary/aromatic N) is 2. The molecule has 0 spiro atoms. The zero-order chi connectivity index (χ0) is 20.1. The highest BCUT2D eigenvalue weighted by Gasteiger charge is 2.17. The molecule has 0 radical (unpaired) electrons. The highest BCUT2D eigenvalue weighted by molar-refractivity contribution is 5.95. The maximum Gasteiger partial charge on any atom is 0.264 e. The highest BCUT2D eigenvalue weighted by Crippen LogP contribution is 2.28. The fraction of sp³-hybridized carbons (Fsp3) is 0.273. The molecule has 1 amide bonds. The first kappa shape index (κ1) is 19.5. The maximum absolute atomic E-state index is 12.7. The molecule has 0 saturated heterocycles. The summed E-state index contributed by atoms with van der Waals surface area (Å²) in [6, 6.07) is 16.3. The van der Waals surface area contributed by atoms with Gasteiger partial charge in [-0.05, 0) is 38.1 Å². The van der Waals surface area contributed by atoms with E-state index in [2.05, 4.69) is 0 Å². The SMILES string of the molecule is CCOc1ccccc1N(C)C(=O)COc1cc(=O)n(CC)c2ccccc12. The fourth-order valence-corrected chi connectivity index (χ4v) is 3.13. The van der Waals surface area contributed by atoms with Crippen LogP contribution in [0.25, 0.3) is 10.9 Å². The number of aromatic nitrogens is 1. The number of para-hydroxylation sites is 3. The monoisotopic (exact) mass is 380 g/mol. The van der Waals surface area contributed by atoms with Crippen LogP contribution < -0.4 is 19.9 Å². The Morgan fingerprint density at radius 3 is 2.46 bits per heavy atom. The van der Waals surface area contributed by atoms with Gasteiger partial charge >= 0.3 is 0 Å². The maximum atomic E-state index is 12.7. The molecule has 1 heterocycles. The topological polar surface area (TPSA) is 60.8 Å². The molecule has 0 aliphatic heterocycles. The van der Waals surface area contributed by atoms with Crippen LogP contribution in [-0.4, -0.2) is 30.7 Å². The quantitative estimate of drug-likeness (QED) is 0.630. The first-order chi connectivity index (χ1) is 13.6. The van der Waals surface area contributed by atoms with Gasteiger partial charge in [0.25, 0.3) is 11.5 Å². The molecule has 0 saturated carbocycles. The third kappa shape index (κ3) is 3.86. The highest BCUT2D eigenvalue weighted by atomic mass is 16.5. The summed E-state index contributed by atoms with van der Waals surface area (Å²) < 4.78 is 13.0. The van der Waals surface area contributed by atoms with E-state index < -0.39 is 0 Å². The number of rotatable bonds is 7. The molecule has 0 fully saturated rings. The molecule has 6 nitrogen and oxygen atoms in total. The molecular weight excluding hydrogens is 356 g/mol. The molecular formula is C22H24N2O4. The van der Waals surface area contributed by atoms with E-state index in [9.17, 15) is 9.59 Å². The predicted molar refractivity (Wildman–Crippen MR) is 110 cm³/mol. The Morgan fingerprint density at radius 2 is 1.71 bits per heavy atom. The summed E-state index contributed by atoms with van der Waals surface area (Å²) in [6.07, 6.45) is 0. The molecule has 146 valence electrons. The molecule has 6 heteroatoms. The van der Waals surface area contributed by atoms with Gasteiger partial charge in [0.15, 0.2) is 6.61 Å². The van der Waals surface area contributed by atoms with E-state index in [1.54, 1.807) is 11.6 Å². The van der Waals surface area contributed by atoms with Gasteiger partial charge in [0.2, 0.25) is 0 Å². The van der Waals surface area contributed by atoms with Crippen LogP contribution >= 0.6 is 0 Å². The minimum Gasteiger partial charge on any atom is -0.492 e. The summed E-state index contributed by atoms with van der Waals surface area (Å²) in [5.41, 5.74) is 1.30. The first-order valence-corrected chi connectivity index (χ1v) is 9.30. The lowest BCUT2D eigenvalue weighted by atomic mass is 10.2. The number of fused-ring (bicyclic) bond motifs is 1. The van der Waals surface area contributed by atoms with Gasteiger partial charge < -0.3 is 18.9 Å². The Labute approximate surface area is 163 Å². The van der Waals surface area contributed by atoms with E-state index in [-0.39, 0.29) is 18.1 Å². The van der Waals surface area contributed by atoms with Crippen molar-refractivity contribution < 1.29 is 14.3 Å². The number of pyridine rings is 1. The second-order valence-electron chi connectivity index (χ2n) is 6.25. The predicted octanol–water partition coefficient (Wildman–Crippen LogP) is 3.46. The average molecular weight is 380 g/mol. The van der Waals surface area contributed by atoms with Crippen LogP contribution in [0.3, 0.4) is 0 Å². The smallest absolute Gasteiger partial charge is 0.264 e. The number of ether oxygens (including phenoxy) is 2. The van der Waals surface area contributed by atoms with E-state index in [1.165, 1.54) is 11.0 Å². The van der Waals surface area contributed by atoms with Crippen molar-refractivity contribution in [1.29, 1.82) is 0 Å². The number of likely N-dealkylation sites (N-methyl/N-ethyl adjacent to an activating group) is 1. The molecule has 0 atom stereocenters. The lowest BCUT2D eigenvalue weighted by Gasteiger charge is -2.21. The van der Waals surface area contributed by atoms with E-state index in [1.807, 2.05) is 62.4 Å². The number of carbonyl (C=O) groups excluding carboxylic acids is 1. The van der Waals surface area contributed by atoms with Crippen molar-refractivity contribution in [3.63, 3.8) is 0 Å². The number of anilines is 1. The lowest BCUT2D eigenvalue weighted by Crippen LogP contribution is -2.32. The molecule has 0 N–H and O–H groups in total. The molecule has 0 bridgehead atoms. The molecule has 0 aliphatic rings. The van der Waals surface area contributed by atoms with Crippen LogP contribution in [0.2, 0.25) is 0 Å². The van der Waals surface area contributed by atoms with Gasteiger partial charge in [0.1, 0.15) is 11.5 Å². The second-order valence-corrected chi connectivity index (χ2v) is 6.25. The lowest BCUT2D eigenvalue weighted by molar-refractivity contribution is -0.120. The number of hydrogen-bond donors (Lipinski definition) is 0. The van der Waals surface area contributed by atoms with Gasteiger partial charge in [-0.1, -0.05) is 24.3 Å². The van der Waals surface area contributed by atoms with Gasteiger partial charge in [0, 0.05) is 25.0 Å². The van der Waals surface area contributed by atoms with Gasteiger partial charge in [-0.15, -0.1) is 0 Å². The second kappa shape index (κ2) is 8.61. The molecule has 28 heavy (non-hydrogen) atoms. The Hall–Kier alpha value is -3.28. The summed E-state index contributed by atoms with van der Waals surface area (Å²) in [5.74, 6) is 0.804. The van der Waals surface area contributed by atoms with Crippen LogP contribution in [0.5, 0.6) is 11.5 Å². The van der Waals surface area contributed by atoms with Gasteiger partial charge in [-0.3, -0.25) is 9.59 Å². The number of amides is 1. The van der Waals surface area contributed by atoms with Crippen molar-refractivity contribution in [2.24, 2.45) is 0 Å². The van der Waals surface area contributed by atoms with E-state index in [4.69, 9.17) is 9.47 Å². The van der Waals surface area contributed by atoms with E-state index in [0.29, 0.717) is 30.3 Å². The Kier molecular flexibility index (Phi) is 5.99. The number of aryl methyl sites for hydroxylation is 1. The van der Waals surface area contributed by atoms with Crippen LogP contribution in [-0.2, 0) is 11.3 Å². The average Bonchev–Trinajstić information content (AvgIpc) is 2.72. The zero-order valence-electron chi connectivity index (χ0n) is 16.3. The fourth-order valence-electron chi connectivity index (χ4n) is 3.13. The van der Waals surface area contributed by atoms with Gasteiger partial charge in [-0.2, -0.15) is 0 Å². The van der Waals surface area contributed by atoms with Crippen molar-refractivity contribution in [3.8, 4) is 11.5 Å². The van der Waals surface area contributed by atoms with Crippen molar-refractivity contribution in [1.82, 2.24) is 4.57 Å². The van der Waals surface area contributed by atoms with E-state index >= 15 is 0 Å². The van der Waals surface area contributed by atoms with Gasteiger partial charge in [0.05, 0.1) is 17.8 Å². The number of benzene rings is 2. The van der Waals surface area contributed by atoms with Crippen molar-refractivity contribution in [3.05, 3.63) is 65.0 Å². The molecule has 0 aliphatic carbocycles. The van der Waals surface area contributed by atoms with Crippen molar-refractivity contribution in [2.75, 3.05) is 25.2 Å². The largest absolute Gasteiger partial charge is 0.492 e. The third-order valence-electron chi connectivity index (χ3n) is 4.55. The number of hydrogen-bond acceptors (Lipinski definition) is 4. The number of carbonyl (C=O) groups is 1. The Balaban J connectivity index is 1.83. The van der Waals surface area contributed by atoms with E-state index in [0.717, 1.165) is 10.9 Å². The van der Waals surface area contributed by atoms with Crippen molar-refractivity contribution in [2.45, 2.75) is 20.4 Å². The minimum absolute atomic E-state index is 0.154. The zero-order valence-corrected chi connectivity index (χ0v) is 16.3. The van der Waals surface area contributed by atoms with Gasteiger partial charge in [-0.25, -0.2) is 0 Å². The summed E-state index contributed by atoms with van der Waals surface area (Å²) in [5, 5.41) is 0.800. The minimum atomic E-state index is -0.240. The molecule has 0 unspecified atom stereocenters. The summed E-state index contributed by atoms with van der Waals surface area (Å²) in [7, 11) is 1.68. The Morgan fingerprint density at radius 1 is 1.00 bits per heavy atom. The third-order valence-corrected chi connectivity index (χ3v) is 4.55. The van der Waals surface area contributed by atoms with Crippen LogP contribution in [0.1, 0.15) is 13.8 Å². The first-order valence-electron chi connectivity index (χ1n) is 9.30. The molecule has 3 aromatic rings. The standard InChI is InChI=1S/C22H24N2O4/c1-4-24-17-11-7-6-10-16(17)20(14-21(24)25)28-15-22(26)23(3)18-12-8-9-13-19(18)27-5-2/h6-14H,4-5,15H2,1-3H3. The Bertz CT molecular complexity index is 1040. The summed E-state index contributed by atoms with van der Waals surface area (Å²) in [6.45, 7) is 4.70. The molecule has 2 aromatic carbocycles.